The molecule has 0 heterocycles. The van der Waals surface area contributed by atoms with Gasteiger partial charge in [-0.05, 0) is 34.6 Å². The van der Waals surface area contributed by atoms with E-state index >= 15 is 0 Å². The summed E-state index contributed by atoms with van der Waals surface area (Å²) in [4.78, 5) is 14.3. The first-order valence-electron chi connectivity index (χ1n) is 6.17. The summed E-state index contributed by atoms with van der Waals surface area (Å²) in [5.74, 6) is 0.205. The molecular weight excluding hydrogens is 210 g/mol. The Kier molecular flexibility index (Phi) is 4.47. The molecule has 0 spiro atoms. The minimum atomic E-state index is -0.320. The Balaban J connectivity index is 2.85. The number of hydrogen-bond donors (Lipinski definition) is 0. The third-order valence-corrected chi connectivity index (χ3v) is 2.72. The molecule has 0 bridgehead atoms. The Hall–Kier alpha value is -1.15. The molecule has 1 aromatic rings. The summed E-state index contributed by atoms with van der Waals surface area (Å²) in [5.41, 5.74) is 0.859. The maximum atomic E-state index is 12.3. The van der Waals surface area contributed by atoms with E-state index in [4.69, 9.17) is 0 Å². The summed E-state index contributed by atoms with van der Waals surface area (Å²) in [5, 5.41) is 0. The molecule has 1 radical (unpaired) electrons. The van der Waals surface area contributed by atoms with Crippen molar-refractivity contribution in [3.05, 3.63) is 35.9 Å². The van der Waals surface area contributed by atoms with Crippen LogP contribution in [0.15, 0.2) is 30.3 Å². The van der Waals surface area contributed by atoms with Crippen molar-refractivity contribution >= 4 is 5.91 Å². The van der Waals surface area contributed by atoms with Crippen LogP contribution >= 0.6 is 0 Å². The van der Waals surface area contributed by atoms with E-state index < -0.39 is 0 Å². The second-order valence-corrected chi connectivity index (χ2v) is 5.76. The number of rotatable bonds is 3. The highest BCUT2D eigenvalue weighted by Gasteiger charge is 2.38. The van der Waals surface area contributed by atoms with Crippen LogP contribution < -0.4 is 4.90 Å². The molecule has 0 aliphatic heterocycles. The van der Waals surface area contributed by atoms with E-state index in [1.54, 1.807) is 0 Å². The van der Waals surface area contributed by atoms with Crippen molar-refractivity contribution in [3.8, 4) is 0 Å². The SMILES string of the molecule is CC(C)[N+](Cc1ccccc1)C(=O)C(C)(C)C. The predicted octanol–water partition coefficient (Wildman–Crippen LogP) is 3.31. The van der Waals surface area contributed by atoms with Gasteiger partial charge < -0.3 is 0 Å². The van der Waals surface area contributed by atoms with Crippen LogP contribution in [-0.2, 0) is 11.3 Å². The van der Waals surface area contributed by atoms with Crippen molar-refractivity contribution in [2.45, 2.75) is 47.2 Å². The van der Waals surface area contributed by atoms with Gasteiger partial charge in [-0.2, -0.15) is 0 Å². The fourth-order valence-electron chi connectivity index (χ4n) is 1.70. The van der Waals surface area contributed by atoms with Crippen LogP contribution in [0.1, 0.15) is 40.2 Å². The first kappa shape index (κ1) is 13.9. The topological polar surface area (TPSA) is 23.0 Å². The minimum Gasteiger partial charge on any atom is -0.225 e. The lowest BCUT2D eigenvalue weighted by atomic mass is 9.93. The van der Waals surface area contributed by atoms with E-state index in [9.17, 15) is 4.79 Å². The van der Waals surface area contributed by atoms with Gasteiger partial charge in [0.25, 0.3) is 0 Å². The predicted molar refractivity (Wildman–Crippen MR) is 71.9 cm³/mol. The van der Waals surface area contributed by atoms with Gasteiger partial charge in [0.15, 0.2) is 6.54 Å². The van der Waals surface area contributed by atoms with E-state index in [-0.39, 0.29) is 17.4 Å². The third-order valence-electron chi connectivity index (χ3n) is 2.72. The van der Waals surface area contributed by atoms with Crippen molar-refractivity contribution in [2.24, 2.45) is 5.41 Å². The molecule has 1 rings (SSSR count). The van der Waals surface area contributed by atoms with Crippen LogP contribution in [0, 0.1) is 5.41 Å². The smallest absolute Gasteiger partial charge is 0.225 e. The minimum absolute atomic E-state index is 0.205. The standard InChI is InChI=1S/C15H23NO/c1-12(2)16(14(17)15(3,4)5)11-13-9-7-6-8-10-13/h6-10,12H,11H2,1-5H3/q+1. The molecule has 0 unspecified atom stereocenters. The van der Waals surface area contributed by atoms with Gasteiger partial charge in [-0.25, -0.2) is 4.79 Å². The Labute approximate surface area is 105 Å². The molecule has 0 N–H and O–H groups in total. The maximum Gasteiger partial charge on any atom is 0.366 e. The first-order valence-corrected chi connectivity index (χ1v) is 6.17. The quantitative estimate of drug-likeness (QED) is 0.734. The molecule has 0 aliphatic carbocycles. The molecule has 0 aliphatic rings. The average molecular weight is 233 g/mol. The van der Waals surface area contributed by atoms with Crippen molar-refractivity contribution < 1.29 is 4.79 Å². The summed E-state index contributed by atoms with van der Waals surface area (Å²) in [7, 11) is 0. The Morgan fingerprint density at radius 2 is 1.71 bits per heavy atom. The van der Waals surface area contributed by atoms with E-state index in [2.05, 4.69) is 26.0 Å². The van der Waals surface area contributed by atoms with Gasteiger partial charge in [0.1, 0.15) is 6.04 Å². The van der Waals surface area contributed by atoms with Crippen molar-refractivity contribution in [2.75, 3.05) is 0 Å². The first-order chi connectivity index (χ1) is 7.82. The van der Waals surface area contributed by atoms with Gasteiger partial charge in [0.05, 0.1) is 5.41 Å². The zero-order valence-electron chi connectivity index (χ0n) is 11.5. The summed E-state index contributed by atoms with van der Waals surface area (Å²) >= 11 is 0. The van der Waals surface area contributed by atoms with Crippen LogP contribution in [-0.4, -0.2) is 11.9 Å². The van der Waals surface area contributed by atoms with Crippen molar-refractivity contribution in [1.82, 2.24) is 4.90 Å². The summed E-state index contributed by atoms with van der Waals surface area (Å²) in [6.07, 6.45) is 0. The zero-order valence-corrected chi connectivity index (χ0v) is 11.5. The van der Waals surface area contributed by atoms with Gasteiger partial charge in [0.2, 0.25) is 0 Å². The lowest BCUT2D eigenvalue weighted by molar-refractivity contribution is -0.135. The van der Waals surface area contributed by atoms with E-state index in [0.717, 1.165) is 0 Å². The highest BCUT2D eigenvalue weighted by molar-refractivity contribution is 5.84. The Morgan fingerprint density at radius 1 is 1.18 bits per heavy atom. The van der Waals surface area contributed by atoms with Crippen LogP contribution in [0.25, 0.3) is 0 Å². The van der Waals surface area contributed by atoms with Crippen LogP contribution in [0.3, 0.4) is 0 Å². The zero-order chi connectivity index (χ0) is 13.1. The van der Waals surface area contributed by atoms with Gasteiger partial charge in [-0.1, -0.05) is 35.2 Å². The van der Waals surface area contributed by atoms with Crippen LogP contribution in [0.5, 0.6) is 0 Å². The van der Waals surface area contributed by atoms with Crippen molar-refractivity contribution in [1.29, 1.82) is 0 Å². The molecule has 2 nitrogen and oxygen atoms in total. The molecule has 0 fully saturated rings. The highest BCUT2D eigenvalue weighted by Crippen LogP contribution is 2.19. The van der Waals surface area contributed by atoms with Gasteiger partial charge in [-0.15, -0.1) is 0 Å². The number of hydrogen-bond acceptors (Lipinski definition) is 1. The fourth-order valence-corrected chi connectivity index (χ4v) is 1.70. The number of carbonyl (C=O) groups is 1. The number of nitrogens with zero attached hydrogens (tertiary/aromatic N) is 1. The third kappa shape index (κ3) is 3.97. The maximum absolute atomic E-state index is 12.3. The van der Waals surface area contributed by atoms with Gasteiger partial charge in [0, 0.05) is 5.56 Å². The monoisotopic (exact) mass is 233 g/mol. The Bertz CT molecular complexity index is 362. The molecule has 93 valence electrons. The van der Waals surface area contributed by atoms with Crippen LogP contribution in [0.4, 0.5) is 0 Å². The lowest BCUT2D eigenvalue weighted by Crippen LogP contribution is -2.47. The van der Waals surface area contributed by atoms with Gasteiger partial charge in [-0.3, -0.25) is 0 Å². The normalized spacial score (nSPS) is 12.2. The molecule has 0 atom stereocenters. The molecule has 1 amide bonds. The lowest BCUT2D eigenvalue weighted by Gasteiger charge is -2.21. The number of carbonyl (C=O) groups excluding carboxylic acids is 1. The molecule has 0 saturated heterocycles. The molecule has 1 aromatic carbocycles. The molecular formula is C15H23NO+. The molecule has 2 heteroatoms. The van der Waals surface area contributed by atoms with E-state index in [1.165, 1.54) is 5.56 Å². The second-order valence-electron chi connectivity index (χ2n) is 5.76. The van der Waals surface area contributed by atoms with Gasteiger partial charge >= 0.3 is 5.91 Å². The highest BCUT2D eigenvalue weighted by atomic mass is 16.2. The largest absolute Gasteiger partial charge is 0.366 e. The number of benzene rings is 1. The fraction of sp³-hybridized carbons (Fsp3) is 0.533. The van der Waals surface area contributed by atoms with E-state index in [0.29, 0.717) is 6.54 Å². The van der Waals surface area contributed by atoms with Crippen molar-refractivity contribution in [3.63, 3.8) is 0 Å². The number of amides is 1. The van der Waals surface area contributed by atoms with Crippen LogP contribution in [0.2, 0.25) is 0 Å². The Morgan fingerprint density at radius 3 is 2.12 bits per heavy atom. The molecule has 17 heavy (non-hydrogen) atoms. The second kappa shape index (κ2) is 5.46. The molecule has 0 saturated carbocycles. The van der Waals surface area contributed by atoms with E-state index in [1.807, 2.05) is 43.9 Å². The summed E-state index contributed by atoms with van der Waals surface area (Å²) in [6, 6.07) is 10.4. The summed E-state index contributed by atoms with van der Waals surface area (Å²) in [6.45, 7) is 10.7. The molecule has 0 aromatic heterocycles. The average Bonchev–Trinajstić information content (AvgIpc) is 2.24. The summed E-state index contributed by atoms with van der Waals surface area (Å²) < 4.78 is 0.